The van der Waals surface area contributed by atoms with Crippen LogP contribution in [-0.2, 0) is 25.5 Å². The van der Waals surface area contributed by atoms with Gasteiger partial charge >= 0.3 is 0 Å². The van der Waals surface area contributed by atoms with Crippen LogP contribution in [0.2, 0.25) is 0 Å². The van der Waals surface area contributed by atoms with E-state index in [0.29, 0.717) is 18.8 Å². The van der Waals surface area contributed by atoms with Crippen LogP contribution in [0.5, 0.6) is 5.75 Å². The number of primary amides is 1. The van der Waals surface area contributed by atoms with E-state index in [1.165, 1.54) is 31.1 Å². The van der Waals surface area contributed by atoms with Crippen molar-refractivity contribution in [1.29, 1.82) is 0 Å². The topological polar surface area (TPSA) is 200 Å². The predicted octanol–water partition coefficient (Wildman–Crippen LogP) is -0.0847. The number of aliphatic hydroxyl groups excluding tert-OH is 2. The zero-order chi connectivity index (χ0) is 29.1. The molecule has 5 rings (SSSR count). The molecule has 3 aliphatic carbocycles. The molecule has 1 heterocycles. The number of phenolic OH excluding ortho intramolecular Hbond substituents is 1. The fraction of sp³-hybridized carbons (Fsp3) is 0.500. The number of likely N-dealkylation sites (N-methyl/N-ethyl adjacent to an activating group) is 1. The number of aliphatic hydroxyl groups is 3. The van der Waals surface area contributed by atoms with E-state index in [-0.39, 0.29) is 53.7 Å². The molecular formula is C28H33N3O9. The molecule has 12 nitrogen and oxygen atoms in total. The SMILES string of the molecule is CN(C)[C@H]1C(=O)C(C(N)=O)=C(O)[C@@]2(O)C(=O)C3=C(O)c4c(O)ccc(C(=O)CNC5CCOCC5)c4C[C@H]3C[C@@H]12. The first kappa shape index (κ1) is 28.0. The summed E-state index contributed by atoms with van der Waals surface area (Å²) in [5.74, 6) is -7.53. The van der Waals surface area contributed by atoms with Crippen molar-refractivity contribution in [2.24, 2.45) is 17.6 Å². The first-order valence-corrected chi connectivity index (χ1v) is 13.2. The quantitative estimate of drug-likeness (QED) is 0.203. The first-order chi connectivity index (χ1) is 18.9. The fourth-order valence-electron chi connectivity index (χ4n) is 6.74. The number of nitrogens with two attached hydrogens (primary N) is 1. The molecule has 1 amide bonds. The highest BCUT2D eigenvalue weighted by Gasteiger charge is 2.64. The zero-order valence-corrected chi connectivity index (χ0v) is 22.3. The lowest BCUT2D eigenvalue weighted by Crippen LogP contribution is -2.65. The summed E-state index contributed by atoms with van der Waals surface area (Å²) >= 11 is 0. The van der Waals surface area contributed by atoms with Crippen LogP contribution in [-0.4, -0.2) is 100 Å². The summed E-state index contributed by atoms with van der Waals surface area (Å²) in [6.45, 7) is 1.23. The zero-order valence-electron chi connectivity index (χ0n) is 22.3. The van der Waals surface area contributed by atoms with Gasteiger partial charge in [-0.1, -0.05) is 0 Å². The van der Waals surface area contributed by atoms with E-state index in [4.69, 9.17) is 10.5 Å². The summed E-state index contributed by atoms with van der Waals surface area (Å²) in [6.07, 6.45) is 1.55. The third-order valence-electron chi connectivity index (χ3n) is 8.68. The standard InChI is InChI=1S/C28H33N3O9/c1-31(2)22-16-10-12-9-15-14(18(33)11-30-13-5-7-40-8-6-13)3-4-17(32)20(15)23(34)19(12)25(36)28(16,39)26(37)21(24(22)35)27(29)38/h3-4,12-13,16,22,30,32,34,37,39H,5-11H2,1-2H3,(H2,29,38)/t12-,16-,22+,28-/m0/s1. The van der Waals surface area contributed by atoms with E-state index >= 15 is 0 Å². The Balaban J connectivity index is 1.58. The lowest BCUT2D eigenvalue weighted by molar-refractivity contribution is -0.153. The number of phenols is 1. The van der Waals surface area contributed by atoms with Crippen molar-refractivity contribution in [3.05, 3.63) is 45.7 Å². The summed E-state index contributed by atoms with van der Waals surface area (Å²) in [5, 5.41) is 47.8. The molecule has 4 atom stereocenters. The lowest BCUT2D eigenvalue weighted by Gasteiger charge is -2.50. The number of nitrogens with zero attached hydrogens (tertiary/aromatic N) is 1. The van der Waals surface area contributed by atoms with Crippen LogP contribution in [0.15, 0.2) is 29.0 Å². The van der Waals surface area contributed by atoms with Crippen LogP contribution in [0, 0.1) is 11.8 Å². The van der Waals surface area contributed by atoms with Crippen LogP contribution >= 0.6 is 0 Å². The van der Waals surface area contributed by atoms with Gasteiger partial charge in [-0.2, -0.15) is 0 Å². The Kier molecular flexibility index (Phi) is 7.07. The van der Waals surface area contributed by atoms with E-state index in [0.717, 1.165) is 12.8 Å². The smallest absolute Gasteiger partial charge is 0.255 e. The average Bonchev–Trinajstić information content (AvgIpc) is 2.89. The number of aromatic hydroxyl groups is 1. The molecule has 1 aromatic carbocycles. The molecule has 0 radical (unpaired) electrons. The number of hydrogen-bond acceptors (Lipinski definition) is 11. The monoisotopic (exact) mass is 555 g/mol. The van der Waals surface area contributed by atoms with Crippen LogP contribution in [0.1, 0.15) is 40.7 Å². The van der Waals surface area contributed by atoms with Crippen molar-refractivity contribution in [2.45, 2.75) is 43.4 Å². The fourth-order valence-corrected chi connectivity index (χ4v) is 6.74. The van der Waals surface area contributed by atoms with Crippen molar-refractivity contribution in [2.75, 3.05) is 33.9 Å². The molecule has 1 aromatic rings. The highest BCUT2D eigenvalue weighted by Crippen LogP contribution is 2.52. The maximum atomic E-state index is 13.9. The Hall–Kier alpha value is -3.58. The molecular weight excluding hydrogens is 522 g/mol. The summed E-state index contributed by atoms with van der Waals surface area (Å²) < 4.78 is 5.35. The molecule has 1 aliphatic heterocycles. The van der Waals surface area contributed by atoms with Crippen LogP contribution in [0.25, 0.3) is 5.76 Å². The number of carbonyl (C=O) groups is 4. The number of nitrogens with one attached hydrogen (secondary N) is 1. The Morgan fingerprint density at radius 2 is 1.82 bits per heavy atom. The summed E-state index contributed by atoms with van der Waals surface area (Å²) in [4.78, 5) is 53.9. The van der Waals surface area contributed by atoms with Crippen molar-refractivity contribution in [1.82, 2.24) is 10.2 Å². The van der Waals surface area contributed by atoms with Gasteiger partial charge in [-0.25, -0.2) is 0 Å². The minimum absolute atomic E-state index is 0.0248. The number of rotatable bonds is 6. The number of amides is 1. The second-order valence-electron chi connectivity index (χ2n) is 11.1. The molecule has 0 spiro atoms. The molecule has 1 saturated heterocycles. The maximum absolute atomic E-state index is 13.9. The summed E-state index contributed by atoms with van der Waals surface area (Å²) in [5.41, 5.74) is 2.03. The number of Topliss-reactive ketones (excluding diaryl/α,β-unsaturated/α-hetero) is 3. The predicted molar refractivity (Wildman–Crippen MR) is 140 cm³/mol. The van der Waals surface area contributed by atoms with Gasteiger partial charge in [0.15, 0.2) is 17.2 Å². The van der Waals surface area contributed by atoms with Gasteiger partial charge in [-0.3, -0.25) is 24.1 Å². The van der Waals surface area contributed by atoms with Crippen LogP contribution in [0.3, 0.4) is 0 Å². The molecule has 12 heteroatoms. The molecule has 0 unspecified atom stereocenters. The van der Waals surface area contributed by atoms with Crippen LogP contribution in [0.4, 0.5) is 0 Å². The highest BCUT2D eigenvalue weighted by molar-refractivity contribution is 6.24. The number of hydrogen-bond donors (Lipinski definition) is 6. The van der Waals surface area contributed by atoms with Crippen molar-refractivity contribution < 1.29 is 44.3 Å². The van der Waals surface area contributed by atoms with Crippen LogP contribution < -0.4 is 11.1 Å². The van der Waals surface area contributed by atoms with Gasteiger partial charge in [-0.05, 0) is 63.4 Å². The molecule has 2 fully saturated rings. The minimum Gasteiger partial charge on any atom is -0.508 e. The Morgan fingerprint density at radius 3 is 2.45 bits per heavy atom. The summed E-state index contributed by atoms with van der Waals surface area (Å²) in [7, 11) is 3.07. The normalized spacial score (nSPS) is 28.9. The number of ether oxygens (including phenoxy) is 1. The number of fused-ring (bicyclic) bond motifs is 3. The largest absolute Gasteiger partial charge is 0.508 e. The molecule has 0 bridgehead atoms. The van der Waals surface area contributed by atoms with Gasteiger partial charge in [0, 0.05) is 36.3 Å². The van der Waals surface area contributed by atoms with Gasteiger partial charge < -0.3 is 36.2 Å². The lowest BCUT2D eigenvalue weighted by atomic mass is 9.57. The first-order valence-electron chi connectivity index (χ1n) is 13.2. The van der Waals surface area contributed by atoms with E-state index in [1.807, 2.05) is 0 Å². The van der Waals surface area contributed by atoms with Crippen molar-refractivity contribution >= 4 is 29.0 Å². The Bertz CT molecular complexity index is 1370. The molecule has 0 aromatic heterocycles. The molecule has 1 saturated carbocycles. The van der Waals surface area contributed by atoms with E-state index in [1.54, 1.807) is 0 Å². The maximum Gasteiger partial charge on any atom is 0.255 e. The van der Waals surface area contributed by atoms with Gasteiger partial charge in [-0.15, -0.1) is 0 Å². The van der Waals surface area contributed by atoms with Crippen molar-refractivity contribution in [3.63, 3.8) is 0 Å². The third kappa shape index (κ3) is 4.14. The molecule has 214 valence electrons. The number of ketones is 3. The average molecular weight is 556 g/mol. The Morgan fingerprint density at radius 1 is 1.15 bits per heavy atom. The second kappa shape index (κ2) is 10.1. The van der Waals surface area contributed by atoms with Gasteiger partial charge in [0.2, 0.25) is 5.78 Å². The van der Waals surface area contributed by atoms with E-state index < -0.39 is 58.0 Å². The van der Waals surface area contributed by atoms with Gasteiger partial charge in [0.05, 0.1) is 18.2 Å². The third-order valence-corrected chi connectivity index (χ3v) is 8.68. The molecule has 40 heavy (non-hydrogen) atoms. The van der Waals surface area contributed by atoms with E-state index in [9.17, 15) is 39.6 Å². The highest BCUT2D eigenvalue weighted by atomic mass is 16.5. The van der Waals surface area contributed by atoms with Gasteiger partial charge in [0.25, 0.3) is 5.91 Å². The Labute approximate surface area is 230 Å². The second-order valence-corrected chi connectivity index (χ2v) is 11.1. The summed E-state index contributed by atoms with van der Waals surface area (Å²) in [6, 6.07) is 1.68. The van der Waals surface area contributed by atoms with Crippen molar-refractivity contribution in [3.8, 4) is 5.75 Å². The van der Waals surface area contributed by atoms with Gasteiger partial charge in [0.1, 0.15) is 22.8 Å². The molecule has 4 aliphatic rings. The van der Waals surface area contributed by atoms with E-state index in [2.05, 4.69) is 5.32 Å². The molecule has 7 N–H and O–H groups in total. The minimum atomic E-state index is -2.71. The number of benzene rings is 1. The number of carbonyl (C=O) groups excluding carboxylic acids is 4.